The number of aliphatic hydroxyl groups is 2. The van der Waals surface area contributed by atoms with E-state index in [1.165, 1.54) is 11.8 Å². The number of anilines is 1. The van der Waals surface area contributed by atoms with Gasteiger partial charge >= 0.3 is 21.6 Å². The van der Waals surface area contributed by atoms with Crippen LogP contribution in [0.5, 0.6) is 0 Å². The minimum atomic E-state index is -5.72. The van der Waals surface area contributed by atoms with Crippen molar-refractivity contribution < 1.29 is 65.3 Å². The molecule has 0 bridgehead atoms. The minimum absolute atomic E-state index is 0.00456. The van der Waals surface area contributed by atoms with E-state index in [1.54, 1.807) is 0 Å². The van der Waals surface area contributed by atoms with Crippen molar-refractivity contribution in [2.45, 2.75) is 46.1 Å². The Morgan fingerprint density at radius 1 is 1.14 bits per heavy atom. The average molecular weight is 774 g/mol. The Labute approximate surface area is 266 Å². The number of fused-ring (bicyclic) bond motifs is 1. The second-order valence-corrected chi connectivity index (χ2v) is 19.9. The molecule has 16 nitrogen and oxygen atoms in total. The van der Waals surface area contributed by atoms with Crippen LogP contribution in [0.15, 0.2) is 11.5 Å². The Morgan fingerprint density at radius 3 is 2.39 bits per heavy atom. The summed E-state index contributed by atoms with van der Waals surface area (Å²) in [6.07, 6.45) is -9.08. The number of nitrogens with one attached hydrogen (secondary N) is 1. The van der Waals surface area contributed by atoms with E-state index < -0.39 is 70.3 Å². The molecule has 0 radical (unpaired) electrons. The van der Waals surface area contributed by atoms with E-state index >= 15 is 0 Å². The highest BCUT2D eigenvalue weighted by atomic mass is 35.5. The van der Waals surface area contributed by atoms with Gasteiger partial charge in [0, 0.05) is 24.7 Å². The van der Waals surface area contributed by atoms with Crippen LogP contribution in [0.3, 0.4) is 0 Å². The fourth-order valence-electron chi connectivity index (χ4n) is 3.51. The molecule has 1 fully saturated rings. The molecule has 1 saturated heterocycles. The number of thioether (sulfide) groups is 2. The lowest BCUT2D eigenvalue weighted by molar-refractivity contribution is -0.129. The zero-order chi connectivity index (χ0) is 33.3. The monoisotopic (exact) mass is 773 g/mol. The number of alkyl halides is 5. The lowest BCUT2D eigenvalue weighted by Crippen LogP contribution is -2.33. The zero-order valence-electron chi connectivity index (χ0n) is 22.4. The molecule has 6 N–H and O–H groups in total. The second kappa shape index (κ2) is 14.5. The molecule has 2 aromatic rings. The number of rotatable bonds is 15. The third-order valence-electron chi connectivity index (χ3n) is 5.68. The SMILES string of the molecule is CSCCNc1nc(SCCC(F)(F)F)nc2c1ncn2[C@@H]1O[C@H](COP(=O)(O)OP(=O)(O)C(Cl)(Cl)P(C)(=O)O)[C@@H](O)[C@H]1O. The van der Waals surface area contributed by atoms with E-state index in [4.69, 9.17) is 27.9 Å². The van der Waals surface area contributed by atoms with Crippen LogP contribution in [0.1, 0.15) is 12.6 Å². The van der Waals surface area contributed by atoms with E-state index in [0.717, 1.165) is 22.7 Å². The number of nitrogens with zero attached hydrogens (tertiary/aromatic N) is 4. The lowest BCUT2D eigenvalue weighted by Gasteiger charge is -2.28. The second-order valence-electron chi connectivity index (χ2n) is 9.11. The fraction of sp³-hybridized carbons (Fsp3) is 0.722. The van der Waals surface area contributed by atoms with E-state index in [0.29, 0.717) is 19.0 Å². The van der Waals surface area contributed by atoms with E-state index in [-0.39, 0.29) is 27.9 Å². The molecule has 3 rings (SSSR count). The summed E-state index contributed by atoms with van der Waals surface area (Å²) in [6.45, 7) is -0.115. The van der Waals surface area contributed by atoms with Crippen LogP contribution in [0.2, 0.25) is 0 Å². The first-order valence-corrected chi connectivity index (χ1v) is 20.3. The van der Waals surface area contributed by atoms with Crippen molar-refractivity contribution in [2.24, 2.45) is 0 Å². The zero-order valence-corrected chi connectivity index (χ0v) is 28.3. The molecule has 3 heterocycles. The molecule has 1 aliphatic rings. The maximum absolute atomic E-state index is 12.7. The number of imidazole rings is 1. The number of phosphoric acid groups is 1. The highest BCUT2D eigenvalue weighted by Gasteiger charge is 2.60. The largest absolute Gasteiger partial charge is 0.479 e. The first-order chi connectivity index (χ1) is 20.1. The third kappa shape index (κ3) is 9.23. The van der Waals surface area contributed by atoms with Crippen LogP contribution in [0.4, 0.5) is 19.0 Å². The summed E-state index contributed by atoms with van der Waals surface area (Å²) < 4.78 is 86.6. The van der Waals surface area contributed by atoms with Gasteiger partial charge in [0.2, 0.25) is 7.37 Å². The van der Waals surface area contributed by atoms with Gasteiger partial charge in [-0.05, 0) is 6.26 Å². The summed E-state index contributed by atoms with van der Waals surface area (Å²) >= 11 is 13.2. The molecule has 2 aromatic heterocycles. The Kier molecular flexibility index (Phi) is 12.6. The lowest BCUT2D eigenvalue weighted by atomic mass is 10.1. The number of hydrogen-bond donors (Lipinski definition) is 6. The van der Waals surface area contributed by atoms with Gasteiger partial charge in [0.05, 0.1) is 19.4 Å². The third-order valence-corrected chi connectivity index (χ3v) is 16.0. The quantitative estimate of drug-likeness (QED) is 0.0499. The van der Waals surface area contributed by atoms with Crippen LogP contribution in [-0.2, 0) is 27.3 Å². The van der Waals surface area contributed by atoms with Gasteiger partial charge in [0.1, 0.15) is 18.3 Å². The first-order valence-electron chi connectivity index (χ1n) is 12.0. The standard InChI is InChI=1S/C18H27Cl2F3N5O11P3S2/c1-40(31,32)18(19,20)41(33,34)39-42(35,36)37-7-9-11(29)12(30)15(38-9)28-8-25-10-13(24-4-6-43-2)26-16(27-14(10)28)44-5-3-17(21,22)23/h8-9,11-12,15,29-30H,3-7H2,1-2H3,(H,31,32)(H,33,34)(H,35,36)(H,24,26,27)/t9-,11-,12-,15-/m1/s1. The normalized spacial score (nSPS) is 25.5. The number of aliphatic hydroxyl groups excluding tert-OH is 2. The van der Waals surface area contributed by atoms with Gasteiger partial charge in [-0.2, -0.15) is 24.9 Å². The number of ether oxygens (including phenoxy) is 1. The number of aromatic nitrogens is 4. The summed E-state index contributed by atoms with van der Waals surface area (Å²) in [5.41, 5.74) is 0.163. The van der Waals surface area contributed by atoms with Crippen LogP contribution in [0.25, 0.3) is 11.2 Å². The van der Waals surface area contributed by atoms with Crippen molar-refractivity contribution in [1.82, 2.24) is 19.5 Å². The van der Waals surface area contributed by atoms with E-state index in [1.807, 2.05) is 6.26 Å². The molecule has 44 heavy (non-hydrogen) atoms. The number of phosphoric ester groups is 1. The molecule has 26 heteroatoms. The van der Waals surface area contributed by atoms with Gasteiger partial charge in [-0.25, -0.2) is 23.8 Å². The maximum Gasteiger partial charge on any atom is 0.479 e. The van der Waals surface area contributed by atoms with Crippen LogP contribution in [0, 0.1) is 0 Å². The van der Waals surface area contributed by atoms with Gasteiger partial charge in [-0.15, -0.1) is 0 Å². The van der Waals surface area contributed by atoms with Crippen molar-refractivity contribution in [3.8, 4) is 0 Å². The smallest absolute Gasteiger partial charge is 0.387 e. The molecular weight excluding hydrogens is 747 g/mol. The number of hydrogen-bond acceptors (Lipinski definition) is 14. The van der Waals surface area contributed by atoms with Gasteiger partial charge in [0.15, 0.2) is 28.4 Å². The van der Waals surface area contributed by atoms with Crippen molar-refractivity contribution in [3.63, 3.8) is 0 Å². The summed E-state index contributed by atoms with van der Waals surface area (Å²) in [5.74, 6) is 0.451. The van der Waals surface area contributed by atoms with Crippen LogP contribution >= 0.6 is 69.5 Å². The van der Waals surface area contributed by atoms with Crippen molar-refractivity contribution in [3.05, 3.63) is 6.33 Å². The van der Waals surface area contributed by atoms with Crippen LogP contribution in [-0.4, -0.2) is 110 Å². The van der Waals surface area contributed by atoms with Crippen LogP contribution < -0.4 is 5.32 Å². The van der Waals surface area contributed by atoms with Gasteiger partial charge in [-0.3, -0.25) is 18.2 Å². The van der Waals surface area contributed by atoms with Gasteiger partial charge in [-0.1, -0.05) is 35.0 Å². The molecule has 252 valence electrons. The topological polar surface area (TPSA) is 236 Å². The Hall–Kier alpha value is -0.210. The predicted molar refractivity (Wildman–Crippen MR) is 156 cm³/mol. The number of halogens is 5. The van der Waals surface area contributed by atoms with Crippen molar-refractivity contribution >= 4 is 86.5 Å². The molecule has 0 aliphatic carbocycles. The first kappa shape index (κ1) is 38.2. The maximum atomic E-state index is 12.7. The molecular formula is C18H27Cl2F3N5O11P3S2. The predicted octanol–water partition coefficient (Wildman–Crippen LogP) is 3.57. The molecule has 1 aliphatic heterocycles. The summed E-state index contributed by atoms with van der Waals surface area (Å²) in [6, 6.07) is 0. The minimum Gasteiger partial charge on any atom is -0.387 e. The molecule has 0 spiro atoms. The molecule has 3 unspecified atom stereocenters. The Bertz CT molecular complexity index is 1470. The van der Waals surface area contributed by atoms with Crippen molar-refractivity contribution in [1.29, 1.82) is 0 Å². The highest BCUT2D eigenvalue weighted by molar-refractivity contribution is 7.99. The van der Waals surface area contributed by atoms with E-state index in [2.05, 4.69) is 29.1 Å². The van der Waals surface area contributed by atoms with Gasteiger partial charge in [0.25, 0.3) is 3.82 Å². The van der Waals surface area contributed by atoms with Crippen molar-refractivity contribution in [2.75, 3.05) is 42.9 Å². The molecule has 0 aromatic carbocycles. The molecule has 0 saturated carbocycles. The van der Waals surface area contributed by atoms with Gasteiger partial charge < -0.3 is 34.9 Å². The fourth-order valence-corrected chi connectivity index (χ4v) is 9.44. The summed E-state index contributed by atoms with van der Waals surface area (Å²) in [5, 5.41) is 24.2. The molecule has 7 atom stereocenters. The summed E-state index contributed by atoms with van der Waals surface area (Å²) in [4.78, 5) is 42.0. The average Bonchev–Trinajstić information content (AvgIpc) is 3.41. The Balaban J connectivity index is 1.82. The molecule has 0 amide bonds. The summed E-state index contributed by atoms with van der Waals surface area (Å²) in [7, 11) is -16.1. The highest BCUT2D eigenvalue weighted by Crippen LogP contribution is 2.79. The van der Waals surface area contributed by atoms with E-state index in [9.17, 15) is 51.8 Å². The Morgan fingerprint density at radius 2 is 1.80 bits per heavy atom.